The van der Waals surface area contributed by atoms with Gasteiger partial charge in [0, 0.05) is 0 Å². The minimum Gasteiger partial charge on any atom is -0.508 e. The summed E-state index contributed by atoms with van der Waals surface area (Å²) in [6.45, 7) is 1.93. The summed E-state index contributed by atoms with van der Waals surface area (Å²) in [5.41, 5.74) is 1.86. The number of aryl methyl sites for hydroxylation is 1. The molecule has 3 heteroatoms. The van der Waals surface area contributed by atoms with Crippen LogP contribution in [0.3, 0.4) is 0 Å². The van der Waals surface area contributed by atoms with E-state index in [2.05, 4.69) is 0 Å². The lowest BCUT2D eigenvalue weighted by atomic mass is 10.00. The van der Waals surface area contributed by atoms with Gasteiger partial charge in [0.15, 0.2) is 0 Å². The van der Waals surface area contributed by atoms with E-state index in [4.69, 9.17) is 0 Å². The highest BCUT2D eigenvalue weighted by Crippen LogP contribution is 2.38. The second-order valence-corrected chi connectivity index (χ2v) is 3.87. The number of aromatic hydroxyl groups is 3. The minimum absolute atomic E-state index is 0.0257. The highest BCUT2D eigenvalue weighted by Gasteiger charge is 2.11. The van der Waals surface area contributed by atoms with Gasteiger partial charge in [0.1, 0.15) is 17.2 Å². The normalized spacial score (nSPS) is 10.4. The van der Waals surface area contributed by atoms with Crippen molar-refractivity contribution >= 4 is 0 Å². The lowest BCUT2D eigenvalue weighted by Gasteiger charge is -2.09. The summed E-state index contributed by atoms with van der Waals surface area (Å²) in [7, 11) is 0. The smallest absolute Gasteiger partial charge is 0.127 e. The van der Waals surface area contributed by atoms with Crippen LogP contribution in [-0.2, 0) is 6.42 Å². The van der Waals surface area contributed by atoms with Gasteiger partial charge in [0.2, 0.25) is 0 Å². The van der Waals surface area contributed by atoms with Crippen LogP contribution in [0.2, 0.25) is 0 Å². The van der Waals surface area contributed by atoms with Gasteiger partial charge in [-0.15, -0.1) is 0 Å². The lowest BCUT2D eigenvalue weighted by molar-refractivity contribution is 0.453. The molecule has 0 bridgehead atoms. The molecule has 0 fully saturated rings. The van der Waals surface area contributed by atoms with Crippen molar-refractivity contribution in [1.29, 1.82) is 0 Å². The summed E-state index contributed by atoms with van der Waals surface area (Å²) in [4.78, 5) is 0. The first-order chi connectivity index (χ1) is 8.13. The molecule has 0 heterocycles. The van der Waals surface area contributed by atoms with E-state index in [1.54, 1.807) is 24.3 Å². The van der Waals surface area contributed by atoms with Crippen LogP contribution in [0, 0.1) is 0 Å². The van der Waals surface area contributed by atoms with Gasteiger partial charge >= 0.3 is 0 Å². The Kier molecular flexibility index (Phi) is 2.91. The summed E-state index contributed by atoms with van der Waals surface area (Å²) in [6, 6.07) is 9.63. The van der Waals surface area contributed by atoms with Gasteiger partial charge in [0.25, 0.3) is 0 Å². The van der Waals surface area contributed by atoms with Crippen LogP contribution in [0.25, 0.3) is 11.1 Å². The minimum atomic E-state index is 0.0257. The molecule has 0 aliphatic rings. The molecule has 0 aliphatic heterocycles. The number of benzene rings is 2. The summed E-state index contributed by atoms with van der Waals surface area (Å²) < 4.78 is 0. The van der Waals surface area contributed by atoms with Crippen LogP contribution in [-0.4, -0.2) is 15.3 Å². The summed E-state index contributed by atoms with van der Waals surface area (Å²) in [6.07, 6.45) is 0.689. The third-order valence-electron chi connectivity index (χ3n) is 2.77. The Balaban J connectivity index is 2.61. The predicted octanol–water partition coefficient (Wildman–Crippen LogP) is 3.03. The van der Waals surface area contributed by atoms with Crippen molar-refractivity contribution in [2.24, 2.45) is 0 Å². The van der Waals surface area contributed by atoms with E-state index >= 15 is 0 Å². The fraction of sp³-hybridized carbons (Fsp3) is 0.143. The number of hydrogen-bond acceptors (Lipinski definition) is 3. The van der Waals surface area contributed by atoms with Crippen molar-refractivity contribution in [3.05, 3.63) is 42.0 Å². The van der Waals surface area contributed by atoms with E-state index in [0.29, 0.717) is 17.5 Å². The van der Waals surface area contributed by atoms with Crippen molar-refractivity contribution in [3.63, 3.8) is 0 Å². The van der Waals surface area contributed by atoms with Crippen molar-refractivity contribution < 1.29 is 15.3 Å². The highest BCUT2D eigenvalue weighted by atomic mass is 16.3. The highest BCUT2D eigenvalue weighted by molar-refractivity contribution is 5.77. The molecule has 0 aromatic heterocycles. The van der Waals surface area contributed by atoms with E-state index in [-0.39, 0.29) is 17.2 Å². The zero-order valence-corrected chi connectivity index (χ0v) is 9.51. The Labute approximate surface area is 99.6 Å². The first kappa shape index (κ1) is 11.3. The molecule has 0 unspecified atom stereocenters. The summed E-state index contributed by atoms with van der Waals surface area (Å²) >= 11 is 0. The maximum Gasteiger partial charge on any atom is 0.127 e. The van der Waals surface area contributed by atoms with E-state index in [0.717, 1.165) is 5.56 Å². The molecule has 0 amide bonds. The molecule has 0 radical (unpaired) electrons. The first-order valence-electron chi connectivity index (χ1n) is 5.46. The molecule has 2 aromatic rings. The van der Waals surface area contributed by atoms with E-state index in [9.17, 15) is 15.3 Å². The van der Waals surface area contributed by atoms with Crippen molar-refractivity contribution in [2.45, 2.75) is 13.3 Å². The summed E-state index contributed by atoms with van der Waals surface area (Å²) in [5, 5.41) is 29.1. The standard InChI is InChI=1S/C14H14O3/c1-2-9-8-10(6-7-11(9)15)14-12(16)4-3-5-13(14)17/h3-8,15-17H,2H2,1H3. The molecule has 2 aromatic carbocycles. The van der Waals surface area contributed by atoms with Crippen LogP contribution in [0.4, 0.5) is 0 Å². The third kappa shape index (κ3) is 2.04. The van der Waals surface area contributed by atoms with Crippen molar-refractivity contribution in [2.75, 3.05) is 0 Å². The largest absolute Gasteiger partial charge is 0.508 e. The Morgan fingerprint density at radius 1 is 0.882 bits per heavy atom. The van der Waals surface area contributed by atoms with Gasteiger partial charge in [-0.1, -0.05) is 19.1 Å². The second kappa shape index (κ2) is 4.37. The van der Waals surface area contributed by atoms with Gasteiger partial charge < -0.3 is 15.3 Å². The summed E-state index contributed by atoms with van der Waals surface area (Å²) in [5.74, 6) is 0.279. The molecule has 17 heavy (non-hydrogen) atoms. The van der Waals surface area contributed by atoms with Crippen LogP contribution in [0.15, 0.2) is 36.4 Å². The molecule has 0 aliphatic carbocycles. The van der Waals surface area contributed by atoms with Gasteiger partial charge in [-0.2, -0.15) is 0 Å². The van der Waals surface area contributed by atoms with E-state index < -0.39 is 0 Å². The molecule has 2 rings (SSSR count). The Bertz CT molecular complexity index is 527. The van der Waals surface area contributed by atoms with Crippen LogP contribution < -0.4 is 0 Å². The van der Waals surface area contributed by atoms with Gasteiger partial charge in [-0.25, -0.2) is 0 Å². The van der Waals surface area contributed by atoms with E-state index in [1.165, 1.54) is 12.1 Å². The Hall–Kier alpha value is -2.16. The number of hydrogen-bond donors (Lipinski definition) is 3. The number of phenolic OH excluding ortho intramolecular Hbond substituents is 3. The molecule has 88 valence electrons. The molecule has 0 saturated carbocycles. The monoisotopic (exact) mass is 230 g/mol. The molecule has 0 atom stereocenters. The lowest BCUT2D eigenvalue weighted by Crippen LogP contribution is -1.85. The topological polar surface area (TPSA) is 60.7 Å². The fourth-order valence-corrected chi connectivity index (χ4v) is 1.85. The zero-order chi connectivity index (χ0) is 12.4. The fourth-order valence-electron chi connectivity index (χ4n) is 1.85. The average molecular weight is 230 g/mol. The SMILES string of the molecule is CCc1cc(-c2c(O)cccc2O)ccc1O. The quantitative estimate of drug-likeness (QED) is 0.743. The average Bonchev–Trinajstić information content (AvgIpc) is 2.31. The molecule has 3 N–H and O–H groups in total. The van der Waals surface area contributed by atoms with Crippen molar-refractivity contribution in [3.8, 4) is 28.4 Å². The molecular weight excluding hydrogens is 216 g/mol. The Morgan fingerprint density at radius 3 is 2.12 bits per heavy atom. The molecule has 0 spiro atoms. The van der Waals surface area contributed by atoms with Crippen LogP contribution in [0.5, 0.6) is 17.2 Å². The molecule has 3 nitrogen and oxygen atoms in total. The first-order valence-corrected chi connectivity index (χ1v) is 5.46. The van der Waals surface area contributed by atoms with Crippen LogP contribution in [0.1, 0.15) is 12.5 Å². The maximum atomic E-state index is 9.76. The predicted molar refractivity (Wildman–Crippen MR) is 66.3 cm³/mol. The molecule has 0 saturated heterocycles. The van der Waals surface area contributed by atoms with Gasteiger partial charge in [0.05, 0.1) is 5.56 Å². The Morgan fingerprint density at radius 2 is 1.53 bits per heavy atom. The van der Waals surface area contributed by atoms with Gasteiger partial charge in [-0.05, 0) is 41.8 Å². The third-order valence-corrected chi connectivity index (χ3v) is 2.77. The molecular formula is C14H14O3. The van der Waals surface area contributed by atoms with Crippen molar-refractivity contribution in [1.82, 2.24) is 0 Å². The van der Waals surface area contributed by atoms with E-state index in [1.807, 2.05) is 6.92 Å². The number of phenols is 3. The zero-order valence-electron chi connectivity index (χ0n) is 9.51. The maximum absolute atomic E-state index is 9.76. The number of rotatable bonds is 2. The van der Waals surface area contributed by atoms with Gasteiger partial charge in [-0.3, -0.25) is 0 Å². The van der Waals surface area contributed by atoms with Crippen LogP contribution >= 0.6 is 0 Å². The second-order valence-electron chi connectivity index (χ2n) is 3.87.